The number of para-hydroxylation sites is 2. The minimum Gasteiger partial charge on any atom is -0.372 e. The summed E-state index contributed by atoms with van der Waals surface area (Å²) < 4.78 is 13.7. The lowest BCUT2D eigenvalue weighted by molar-refractivity contribution is 0.603. The Hall–Kier alpha value is -1.43. The van der Waals surface area contributed by atoms with Crippen LogP contribution in [-0.4, -0.2) is 27.2 Å². The van der Waals surface area contributed by atoms with Gasteiger partial charge >= 0.3 is 0 Å². The van der Waals surface area contributed by atoms with Gasteiger partial charge in [-0.3, -0.25) is 0 Å². The zero-order valence-electron chi connectivity index (χ0n) is 12.5. The van der Waals surface area contributed by atoms with Crippen molar-refractivity contribution in [3.63, 3.8) is 0 Å². The number of halogens is 2. The molecule has 0 amide bonds. The van der Waals surface area contributed by atoms with Crippen molar-refractivity contribution in [3.8, 4) is 0 Å². The van der Waals surface area contributed by atoms with Gasteiger partial charge in [0.25, 0.3) is 0 Å². The Morgan fingerprint density at radius 2 is 1.95 bits per heavy atom. The fraction of sp³-hybridized carbons (Fsp3) is 0.250. The molecular formula is C16H19ClFN3S. The van der Waals surface area contributed by atoms with Gasteiger partial charge in [0.15, 0.2) is 0 Å². The van der Waals surface area contributed by atoms with Crippen LogP contribution in [0.15, 0.2) is 41.3 Å². The van der Waals surface area contributed by atoms with Gasteiger partial charge < -0.3 is 15.5 Å². The van der Waals surface area contributed by atoms with E-state index in [0.717, 1.165) is 24.5 Å². The molecule has 0 radical (unpaired) electrons. The molecular weight excluding hydrogens is 321 g/mol. The average molecular weight is 340 g/mol. The highest BCUT2D eigenvalue weighted by Gasteiger charge is 2.10. The fourth-order valence-corrected chi connectivity index (χ4v) is 2.57. The number of hydrogen-bond donors (Lipinski definition) is 3. The van der Waals surface area contributed by atoms with E-state index in [1.165, 1.54) is 12.1 Å². The Labute approximate surface area is 140 Å². The summed E-state index contributed by atoms with van der Waals surface area (Å²) in [5, 5.41) is 6.75. The molecule has 118 valence electrons. The predicted octanol–water partition coefficient (Wildman–Crippen LogP) is 4.17. The van der Waals surface area contributed by atoms with E-state index in [0.29, 0.717) is 10.7 Å². The molecule has 0 unspecified atom stereocenters. The van der Waals surface area contributed by atoms with Gasteiger partial charge in [0.05, 0.1) is 22.1 Å². The first-order valence-corrected chi connectivity index (χ1v) is 7.75. The van der Waals surface area contributed by atoms with Crippen molar-refractivity contribution in [2.75, 3.05) is 37.4 Å². The van der Waals surface area contributed by atoms with Crippen molar-refractivity contribution in [1.82, 2.24) is 5.32 Å². The van der Waals surface area contributed by atoms with E-state index in [1.807, 2.05) is 38.4 Å². The molecule has 22 heavy (non-hydrogen) atoms. The summed E-state index contributed by atoms with van der Waals surface area (Å²) >= 11 is 10.2. The fourth-order valence-electron chi connectivity index (χ4n) is 2.09. The molecule has 0 aliphatic rings. The largest absolute Gasteiger partial charge is 0.372 e. The van der Waals surface area contributed by atoms with Gasteiger partial charge in [0.2, 0.25) is 0 Å². The Morgan fingerprint density at radius 3 is 2.68 bits per heavy atom. The van der Waals surface area contributed by atoms with Crippen LogP contribution >= 0.6 is 24.2 Å². The van der Waals surface area contributed by atoms with Crippen LogP contribution < -0.4 is 15.5 Å². The van der Waals surface area contributed by atoms with Gasteiger partial charge in [-0.15, -0.1) is 12.6 Å². The quantitative estimate of drug-likeness (QED) is 0.690. The number of anilines is 3. The maximum absolute atomic E-state index is 13.7. The molecule has 0 bridgehead atoms. The lowest BCUT2D eigenvalue weighted by Gasteiger charge is -2.23. The number of benzene rings is 2. The maximum Gasteiger partial charge on any atom is 0.138 e. The molecule has 2 aromatic carbocycles. The van der Waals surface area contributed by atoms with Gasteiger partial charge in [-0.25, -0.2) is 4.39 Å². The minimum absolute atomic E-state index is 0.231. The lowest BCUT2D eigenvalue weighted by Crippen LogP contribution is -2.27. The second-order valence-electron chi connectivity index (χ2n) is 4.95. The summed E-state index contributed by atoms with van der Waals surface area (Å²) in [5.41, 5.74) is 2.41. The summed E-state index contributed by atoms with van der Waals surface area (Å²) in [6, 6.07) is 10.7. The smallest absolute Gasteiger partial charge is 0.138 e. The minimum atomic E-state index is -0.406. The van der Waals surface area contributed by atoms with Crippen molar-refractivity contribution in [3.05, 3.63) is 47.2 Å². The lowest BCUT2D eigenvalue weighted by atomic mass is 10.2. The topological polar surface area (TPSA) is 27.3 Å². The van der Waals surface area contributed by atoms with Gasteiger partial charge in [0, 0.05) is 25.0 Å². The average Bonchev–Trinajstić information content (AvgIpc) is 2.50. The van der Waals surface area contributed by atoms with Crippen molar-refractivity contribution in [2.45, 2.75) is 4.90 Å². The van der Waals surface area contributed by atoms with Crippen molar-refractivity contribution in [2.24, 2.45) is 0 Å². The Kier molecular flexibility index (Phi) is 5.94. The molecule has 2 rings (SSSR count). The zero-order chi connectivity index (χ0) is 16.1. The molecule has 6 heteroatoms. The molecule has 0 saturated heterocycles. The van der Waals surface area contributed by atoms with Crippen LogP contribution in [0.3, 0.4) is 0 Å². The highest BCUT2D eigenvalue weighted by molar-refractivity contribution is 7.80. The summed E-state index contributed by atoms with van der Waals surface area (Å²) in [7, 11) is 3.93. The van der Waals surface area contributed by atoms with Crippen LogP contribution in [0.4, 0.5) is 21.5 Å². The first-order valence-electron chi connectivity index (χ1n) is 6.92. The van der Waals surface area contributed by atoms with Crippen LogP contribution in [0, 0.1) is 5.82 Å². The van der Waals surface area contributed by atoms with E-state index in [4.69, 9.17) is 11.6 Å². The molecule has 0 aliphatic heterocycles. The van der Waals surface area contributed by atoms with Gasteiger partial charge in [-0.1, -0.05) is 23.7 Å². The second-order valence-corrected chi connectivity index (χ2v) is 5.84. The summed E-state index contributed by atoms with van der Waals surface area (Å²) in [6.07, 6.45) is 0. The molecule has 3 nitrogen and oxygen atoms in total. The second kappa shape index (κ2) is 7.72. The number of hydrogen-bond acceptors (Lipinski definition) is 4. The summed E-state index contributed by atoms with van der Waals surface area (Å²) in [4.78, 5) is 2.35. The zero-order valence-corrected chi connectivity index (χ0v) is 14.2. The van der Waals surface area contributed by atoms with Crippen LogP contribution in [0.5, 0.6) is 0 Å². The molecule has 2 aromatic rings. The third-order valence-corrected chi connectivity index (χ3v) is 3.97. The SMILES string of the molecule is CNCCN(C)c1ccccc1Nc1cc(F)c(S)cc1Cl. The Morgan fingerprint density at radius 1 is 1.23 bits per heavy atom. The molecule has 0 fully saturated rings. The molecule has 0 aromatic heterocycles. The standard InChI is InChI=1S/C16H19ClFN3S/c1-19-7-8-21(2)15-6-4-3-5-13(15)20-14-10-12(18)16(22)9-11(14)17/h3-6,9-10,19-20,22H,7-8H2,1-2H3. The number of likely N-dealkylation sites (N-methyl/N-ethyl adjacent to an activating group) is 2. The van der Waals surface area contributed by atoms with E-state index in [9.17, 15) is 4.39 Å². The summed E-state index contributed by atoms with van der Waals surface area (Å²) in [6.45, 7) is 1.72. The van der Waals surface area contributed by atoms with Gasteiger partial charge in [0.1, 0.15) is 5.82 Å². The highest BCUT2D eigenvalue weighted by Crippen LogP contribution is 2.33. The van der Waals surface area contributed by atoms with E-state index >= 15 is 0 Å². The molecule has 0 saturated carbocycles. The van der Waals surface area contributed by atoms with Crippen LogP contribution in [0.2, 0.25) is 5.02 Å². The van der Waals surface area contributed by atoms with Crippen molar-refractivity contribution < 1.29 is 4.39 Å². The van der Waals surface area contributed by atoms with E-state index in [1.54, 1.807) is 0 Å². The van der Waals surface area contributed by atoms with Crippen molar-refractivity contribution >= 4 is 41.3 Å². The number of rotatable bonds is 6. The Balaban J connectivity index is 2.28. The Bertz CT molecular complexity index is 651. The molecule has 2 N–H and O–H groups in total. The normalized spacial score (nSPS) is 10.6. The molecule has 0 atom stereocenters. The molecule has 0 spiro atoms. The van der Waals surface area contributed by atoms with Crippen LogP contribution in [0.25, 0.3) is 0 Å². The van der Waals surface area contributed by atoms with E-state index in [2.05, 4.69) is 28.2 Å². The van der Waals surface area contributed by atoms with Gasteiger partial charge in [-0.05, 0) is 31.3 Å². The molecule has 0 aliphatic carbocycles. The third kappa shape index (κ3) is 4.06. The van der Waals surface area contributed by atoms with Crippen LogP contribution in [-0.2, 0) is 0 Å². The maximum atomic E-state index is 13.7. The number of nitrogens with zero attached hydrogens (tertiary/aromatic N) is 1. The number of thiol groups is 1. The summed E-state index contributed by atoms with van der Waals surface area (Å²) in [5.74, 6) is -0.406. The van der Waals surface area contributed by atoms with E-state index < -0.39 is 5.82 Å². The van der Waals surface area contributed by atoms with Crippen LogP contribution in [0.1, 0.15) is 0 Å². The first kappa shape index (κ1) is 16.9. The first-order chi connectivity index (χ1) is 10.5. The van der Waals surface area contributed by atoms with Gasteiger partial charge in [-0.2, -0.15) is 0 Å². The molecule has 0 heterocycles. The van der Waals surface area contributed by atoms with Crippen molar-refractivity contribution in [1.29, 1.82) is 0 Å². The van der Waals surface area contributed by atoms with E-state index in [-0.39, 0.29) is 4.90 Å². The number of nitrogens with one attached hydrogen (secondary N) is 2. The third-order valence-electron chi connectivity index (χ3n) is 3.32. The highest BCUT2D eigenvalue weighted by atomic mass is 35.5. The predicted molar refractivity (Wildman–Crippen MR) is 95.6 cm³/mol. The monoisotopic (exact) mass is 339 g/mol.